The van der Waals surface area contributed by atoms with E-state index in [0.29, 0.717) is 21.9 Å². The third-order valence-electron chi connectivity index (χ3n) is 11.9. The normalized spacial score (nSPS) is 12.3. The lowest BCUT2D eigenvalue weighted by molar-refractivity contribution is 0.0974. The Bertz CT molecular complexity index is 3500. The molecule has 0 saturated carbocycles. The summed E-state index contributed by atoms with van der Waals surface area (Å²) in [4.78, 5) is 47.7. The second kappa shape index (κ2) is 18.3. The van der Waals surface area contributed by atoms with E-state index in [0.717, 1.165) is 43.8 Å². The van der Waals surface area contributed by atoms with Crippen molar-refractivity contribution in [2.45, 2.75) is 0 Å². The minimum absolute atomic E-state index is 0.0969. The van der Waals surface area contributed by atoms with Crippen molar-refractivity contribution in [3.8, 4) is 34.5 Å². The minimum atomic E-state index is -0.450. The number of aromatic hydroxyl groups is 4. The molecule has 0 saturated heterocycles. The van der Waals surface area contributed by atoms with Gasteiger partial charge in [-0.15, -0.1) is 0 Å². The molecule has 0 atom stereocenters. The number of rotatable bonds is 2. The van der Waals surface area contributed by atoms with Crippen LogP contribution in [0, 0.1) is 0 Å². The Morgan fingerprint density at radius 2 is 0.618 bits per heavy atom. The molecule has 2 aliphatic rings. The molecule has 0 radical (unpaired) electrons. The van der Waals surface area contributed by atoms with Gasteiger partial charge in [-0.1, -0.05) is 97.1 Å². The molecule has 0 spiro atoms. The molecule has 10 nitrogen and oxygen atoms in total. The van der Waals surface area contributed by atoms with E-state index < -0.39 is 11.6 Å². The summed E-state index contributed by atoms with van der Waals surface area (Å²) < 4.78 is 10.8. The first-order chi connectivity index (χ1) is 32.9. The van der Waals surface area contributed by atoms with E-state index in [9.17, 15) is 39.6 Å². The van der Waals surface area contributed by atoms with Crippen molar-refractivity contribution < 1.29 is 49.1 Å². The smallest absolute Gasteiger partial charge is 0.198 e. The molecule has 332 valence electrons. The van der Waals surface area contributed by atoms with E-state index in [1.54, 1.807) is 38.5 Å². The molecule has 2 aliphatic carbocycles. The minimum Gasteiger partial charge on any atom is -0.507 e. The van der Waals surface area contributed by atoms with Crippen molar-refractivity contribution in [1.29, 1.82) is 0 Å². The zero-order valence-corrected chi connectivity index (χ0v) is 36.6. The summed E-state index contributed by atoms with van der Waals surface area (Å²) in [5.41, 5.74) is 1.25. The predicted octanol–water partition coefficient (Wildman–Crippen LogP) is 12.1. The number of benzene rings is 10. The molecule has 0 heterocycles. The van der Waals surface area contributed by atoms with Crippen LogP contribution in [0.25, 0.3) is 53.9 Å². The van der Waals surface area contributed by atoms with Gasteiger partial charge in [-0.05, 0) is 117 Å². The fraction of sp³-hybridized carbons (Fsp3) is 0.0345. The van der Waals surface area contributed by atoms with Crippen LogP contribution in [0.3, 0.4) is 0 Å². The lowest BCUT2D eigenvalue weighted by Gasteiger charge is -2.18. The Hall–Kier alpha value is -9.28. The van der Waals surface area contributed by atoms with Gasteiger partial charge in [0.25, 0.3) is 0 Å². The van der Waals surface area contributed by atoms with Crippen molar-refractivity contribution >= 4 is 77.0 Å². The van der Waals surface area contributed by atoms with Gasteiger partial charge in [0.05, 0.1) is 25.3 Å². The van der Waals surface area contributed by atoms with Gasteiger partial charge >= 0.3 is 0 Å². The van der Waals surface area contributed by atoms with E-state index in [-0.39, 0.29) is 56.8 Å². The summed E-state index contributed by atoms with van der Waals surface area (Å²) in [6.45, 7) is 0. The summed E-state index contributed by atoms with van der Waals surface area (Å²) in [5, 5.41) is 48.9. The molecule has 0 unspecified atom stereocenters. The highest BCUT2D eigenvalue weighted by atomic mass is 16.5. The summed E-state index contributed by atoms with van der Waals surface area (Å²) in [5.74, 6) is 0.444. The van der Waals surface area contributed by atoms with Crippen LogP contribution in [0.15, 0.2) is 182 Å². The highest BCUT2D eigenvalue weighted by molar-refractivity contribution is 6.30. The standard InChI is InChI=1S/C16H14O2.C14H8O4.C14H10O2.C14H8O2/c1-17-15-7-8-16(18-2)14-10-12-6-4-3-5-11(12)9-13(14)15;15-9-5-6-10(16)12-11(9)13(17)7-3-1-2-4-8(7)14(12)18;2*15-13-5-6-14(16)12-8-10-4-2-1-3-9(10)7-11(12)13/h3-10H,1-2H3;1-6,15-16H;1-8,15-16H;1-8H. The van der Waals surface area contributed by atoms with Gasteiger partial charge in [0, 0.05) is 43.8 Å². The quantitative estimate of drug-likeness (QED) is 0.0968. The highest BCUT2D eigenvalue weighted by Crippen LogP contribution is 2.39. The number of phenols is 4. The van der Waals surface area contributed by atoms with Crippen molar-refractivity contribution in [3.63, 3.8) is 0 Å². The zero-order chi connectivity index (χ0) is 47.6. The molecule has 4 N–H and O–H groups in total. The summed E-state index contributed by atoms with van der Waals surface area (Å²) >= 11 is 0. The molecule has 68 heavy (non-hydrogen) atoms. The molecule has 0 aromatic heterocycles. The molecule has 0 fully saturated rings. The van der Waals surface area contributed by atoms with Gasteiger partial charge in [-0.25, -0.2) is 0 Å². The van der Waals surface area contributed by atoms with Gasteiger partial charge in [0.15, 0.2) is 23.1 Å². The average molecular weight is 897 g/mol. The number of carbonyl (C=O) groups is 4. The van der Waals surface area contributed by atoms with E-state index >= 15 is 0 Å². The Morgan fingerprint density at radius 1 is 0.324 bits per heavy atom. The molecule has 0 amide bonds. The summed E-state index contributed by atoms with van der Waals surface area (Å²) in [7, 11) is 3.38. The van der Waals surface area contributed by atoms with Crippen LogP contribution in [-0.4, -0.2) is 57.8 Å². The van der Waals surface area contributed by atoms with Crippen LogP contribution in [0.4, 0.5) is 0 Å². The SMILES string of the molecule is COc1ccc(OC)c2cc3ccccc3cc12.O=C1C=CC(=O)c2cc3ccccc3cc21.O=C1c2ccccc2C(=O)c2c(O)ccc(O)c21.Oc1ccc(O)c2cc3ccccc3cc12. The van der Waals surface area contributed by atoms with E-state index in [1.165, 1.54) is 59.3 Å². The maximum absolute atomic E-state index is 12.2. The number of hydrogen-bond donors (Lipinski definition) is 4. The molecular formula is C58H40O10. The van der Waals surface area contributed by atoms with Crippen molar-refractivity contribution in [3.05, 3.63) is 215 Å². The molecule has 12 rings (SSSR count). The molecule has 0 bridgehead atoms. The van der Waals surface area contributed by atoms with Crippen LogP contribution < -0.4 is 9.47 Å². The van der Waals surface area contributed by atoms with Crippen molar-refractivity contribution in [1.82, 2.24) is 0 Å². The fourth-order valence-electron chi connectivity index (χ4n) is 8.50. The summed E-state index contributed by atoms with van der Waals surface area (Å²) in [6.07, 6.45) is 2.67. The first-order valence-electron chi connectivity index (χ1n) is 21.4. The average Bonchev–Trinajstić information content (AvgIpc) is 3.37. The third kappa shape index (κ3) is 8.18. The van der Waals surface area contributed by atoms with Crippen LogP contribution >= 0.6 is 0 Å². The molecule has 10 aromatic rings. The molecular weight excluding hydrogens is 857 g/mol. The maximum atomic E-state index is 12.2. The molecule has 10 aromatic carbocycles. The number of allylic oxidation sites excluding steroid dienone is 2. The number of methoxy groups -OCH3 is 2. The Kier molecular flexibility index (Phi) is 11.8. The van der Waals surface area contributed by atoms with Crippen LogP contribution in [0.1, 0.15) is 52.6 Å². The first kappa shape index (κ1) is 43.9. The van der Waals surface area contributed by atoms with Gasteiger partial charge < -0.3 is 29.9 Å². The second-order valence-corrected chi connectivity index (χ2v) is 15.9. The lowest BCUT2D eigenvalue weighted by atomic mass is 9.83. The van der Waals surface area contributed by atoms with Gasteiger partial charge in [0.1, 0.15) is 34.5 Å². The largest absolute Gasteiger partial charge is 0.507 e. The maximum Gasteiger partial charge on any atom is 0.198 e. The van der Waals surface area contributed by atoms with Crippen LogP contribution in [0.2, 0.25) is 0 Å². The monoisotopic (exact) mass is 896 g/mol. The first-order valence-corrected chi connectivity index (χ1v) is 21.4. The Balaban J connectivity index is 0.000000113. The van der Waals surface area contributed by atoms with E-state index in [1.807, 2.05) is 84.9 Å². The zero-order valence-electron chi connectivity index (χ0n) is 36.6. The number of phenolic OH excluding ortho intramolecular Hbond substituents is 4. The van der Waals surface area contributed by atoms with Gasteiger partial charge in [-0.3, -0.25) is 19.2 Å². The number of ketones is 4. The van der Waals surface area contributed by atoms with Gasteiger partial charge in [0.2, 0.25) is 0 Å². The number of fused-ring (bicyclic) bond motifs is 8. The number of ether oxygens (including phenoxy) is 2. The van der Waals surface area contributed by atoms with Crippen molar-refractivity contribution in [2.24, 2.45) is 0 Å². The Labute approximate surface area is 388 Å². The van der Waals surface area contributed by atoms with Crippen molar-refractivity contribution in [2.75, 3.05) is 14.2 Å². The van der Waals surface area contributed by atoms with Crippen LogP contribution in [0.5, 0.6) is 34.5 Å². The second-order valence-electron chi connectivity index (χ2n) is 15.9. The molecule has 0 aliphatic heterocycles. The summed E-state index contributed by atoms with van der Waals surface area (Å²) in [6, 6.07) is 51.2. The fourth-order valence-corrected chi connectivity index (χ4v) is 8.50. The molecule has 10 heteroatoms. The highest BCUT2D eigenvalue weighted by Gasteiger charge is 2.34. The van der Waals surface area contributed by atoms with Crippen LogP contribution in [-0.2, 0) is 0 Å². The van der Waals surface area contributed by atoms with Gasteiger partial charge in [-0.2, -0.15) is 0 Å². The lowest BCUT2D eigenvalue weighted by Crippen LogP contribution is -2.20. The predicted molar refractivity (Wildman–Crippen MR) is 264 cm³/mol. The van der Waals surface area contributed by atoms with E-state index in [4.69, 9.17) is 9.47 Å². The Morgan fingerprint density at radius 3 is 0.956 bits per heavy atom. The topological polar surface area (TPSA) is 168 Å². The van der Waals surface area contributed by atoms with E-state index in [2.05, 4.69) is 24.3 Å². The third-order valence-corrected chi connectivity index (χ3v) is 11.9. The number of carbonyl (C=O) groups excluding carboxylic acids is 4. The number of hydrogen-bond acceptors (Lipinski definition) is 10.